The van der Waals surface area contributed by atoms with Crippen molar-refractivity contribution in [2.24, 2.45) is 0 Å². The second-order valence-electron chi connectivity index (χ2n) is 3.27. The summed E-state index contributed by atoms with van der Waals surface area (Å²) >= 11 is 0. The van der Waals surface area contributed by atoms with Gasteiger partial charge in [-0.2, -0.15) is 0 Å². The van der Waals surface area contributed by atoms with Gasteiger partial charge in [-0.25, -0.2) is 0 Å². The topological polar surface area (TPSA) is 37.3 Å². The molecule has 0 aliphatic rings. The van der Waals surface area contributed by atoms with Gasteiger partial charge in [0.1, 0.15) is 0 Å². The van der Waals surface area contributed by atoms with Crippen molar-refractivity contribution in [1.29, 1.82) is 0 Å². The molecule has 1 N–H and O–H groups in total. The quantitative estimate of drug-likeness (QED) is 0.538. The molecule has 0 fully saturated rings. The van der Waals surface area contributed by atoms with Crippen molar-refractivity contribution >= 4 is 51.5 Å². The Kier molecular flexibility index (Phi) is 16.3. The fourth-order valence-electron chi connectivity index (χ4n) is 1.23. The van der Waals surface area contributed by atoms with Gasteiger partial charge in [0.05, 0.1) is 0 Å². The minimum absolute atomic E-state index is 0. The van der Waals surface area contributed by atoms with Crippen molar-refractivity contribution in [2.75, 3.05) is 0 Å². The first kappa shape index (κ1) is 16.4. The number of unbranched alkanes of at least 4 members (excludes halogenated alkanes) is 6. The van der Waals surface area contributed by atoms with Crippen LogP contribution in [0.25, 0.3) is 0 Å². The summed E-state index contributed by atoms with van der Waals surface area (Å²) in [5.74, 6) is -0.663. The van der Waals surface area contributed by atoms with Gasteiger partial charge in [-0.05, 0) is 6.42 Å². The Morgan fingerprint density at radius 1 is 1.00 bits per heavy atom. The molecule has 2 nitrogen and oxygen atoms in total. The Hall–Kier alpha value is 0.951. The number of hydrogen-bond acceptors (Lipinski definition) is 1. The molecule has 0 aromatic rings. The third-order valence-electron chi connectivity index (χ3n) is 1.99. The van der Waals surface area contributed by atoms with Crippen LogP contribution in [0.2, 0.25) is 0 Å². The second-order valence-corrected chi connectivity index (χ2v) is 3.27. The molecule has 0 saturated heterocycles. The number of rotatable bonds is 8. The second kappa shape index (κ2) is 13.0. The SMILES string of the molecule is CCCCCCCCCC(=O)O.[SrH2]. The molecule has 0 aliphatic heterocycles. The van der Waals surface area contributed by atoms with Crippen LogP contribution in [0, 0.1) is 0 Å². The molecule has 0 atom stereocenters. The molecule has 0 aromatic heterocycles. The summed E-state index contributed by atoms with van der Waals surface area (Å²) in [6.07, 6.45) is 8.64. The van der Waals surface area contributed by atoms with Crippen LogP contribution in [0.4, 0.5) is 0 Å². The molecule has 0 saturated carbocycles. The average Bonchev–Trinajstić information content (AvgIpc) is 2.02. The zero-order chi connectivity index (χ0) is 9.23. The van der Waals surface area contributed by atoms with Gasteiger partial charge in [-0.1, -0.05) is 45.4 Å². The van der Waals surface area contributed by atoms with E-state index in [4.69, 9.17) is 5.11 Å². The summed E-state index contributed by atoms with van der Waals surface area (Å²) in [6, 6.07) is 0. The summed E-state index contributed by atoms with van der Waals surface area (Å²) in [5.41, 5.74) is 0. The summed E-state index contributed by atoms with van der Waals surface area (Å²) in [6.45, 7) is 2.20. The zero-order valence-corrected chi connectivity index (χ0v) is 8.01. The van der Waals surface area contributed by atoms with Crippen LogP contribution in [0.5, 0.6) is 0 Å². The van der Waals surface area contributed by atoms with Crippen molar-refractivity contribution in [3.8, 4) is 0 Å². The van der Waals surface area contributed by atoms with Gasteiger partial charge < -0.3 is 5.11 Å². The molecule has 0 aromatic carbocycles. The molecule has 3 heteroatoms. The van der Waals surface area contributed by atoms with Gasteiger partial charge in [-0.15, -0.1) is 0 Å². The Balaban J connectivity index is 0. The van der Waals surface area contributed by atoms with Crippen molar-refractivity contribution in [3.63, 3.8) is 0 Å². The van der Waals surface area contributed by atoms with Gasteiger partial charge in [0, 0.05) is 6.42 Å². The van der Waals surface area contributed by atoms with Gasteiger partial charge >= 0.3 is 51.5 Å². The van der Waals surface area contributed by atoms with E-state index in [1.165, 1.54) is 32.1 Å². The molecule has 0 amide bonds. The van der Waals surface area contributed by atoms with Crippen molar-refractivity contribution in [2.45, 2.75) is 58.3 Å². The number of aliphatic carboxylic acids is 1. The first-order valence-corrected chi connectivity index (χ1v) is 4.99. The van der Waals surface area contributed by atoms with E-state index in [0.717, 1.165) is 12.8 Å². The van der Waals surface area contributed by atoms with Crippen LogP contribution in [0.15, 0.2) is 0 Å². The van der Waals surface area contributed by atoms with Crippen LogP contribution in [0.3, 0.4) is 0 Å². The van der Waals surface area contributed by atoms with Gasteiger partial charge in [0.2, 0.25) is 0 Å². The predicted octanol–water partition coefficient (Wildman–Crippen LogP) is 2.30. The van der Waals surface area contributed by atoms with E-state index in [0.29, 0.717) is 6.42 Å². The number of carboxylic acid groups (broad SMARTS) is 1. The standard InChI is InChI=1S/C10H20O2.Sr.2H/c1-2-3-4-5-6-7-8-9-10(11)12;;;/h2-9H2,1H3,(H,11,12);;;. The van der Waals surface area contributed by atoms with Crippen molar-refractivity contribution < 1.29 is 9.90 Å². The summed E-state index contributed by atoms with van der Waals surface area (Å²) in [5, 5.41) is 8.35. The maximum atomic E-state index is 10.1. The van der Waals surface area contributed by atoms with Gasteiger partial charge in [0.25, 0.3) is 0 Å². The normalized spacial score (nSPS) is 9.31. The minimum atomic E-state index is -0.663. The van der Waals surface area contributed by atoms with E-state index in [1.807, 2.05) is 0 Å². The molecule has 0 bridgehead atoms. The first-order valence-electron chi connectivity index (χ1n) is 4.99. The molecule has 0 aliphatic carbocycles. The van der Waals surface area contributed by atoms with Crippen LogP contribution >= 0.6 is 0 Å². The van der Waals surface area contributed by atoms with Crippen molar-refractivity contribution in [3.05, 3.63) is 0 Å². The Bertz CT molecular complexity index is 115. The average molecular weight is 262 g/mol. The first-order chi connectivity index (χ1) is 5.77. The van der Waals surface area contributed by atoms with Gasteiger partial charge in [-0.3, -0.25) is 4.79 Å². The number of hydrogen-bond donors (Lipinski definition) is 1. The zero-order valence-electron chi connectivity index (χ0n) is 8.01. The summed E-state index contributed by atoms with van der Waals surface area (Å²) in [7, 11) is 0. The fourth-order valence-corrected chi connectivity index (χ4v) is 1.23. The van der Waals surface area contributed by atoms with Gasteiger partial charge in [0.15, 0.2) is 0 Å². The Morgan fingerprint density at radius 2 is 1.46 bits per heavy atom. The van der Waals surface area contributed by atoms with Crippen LogP contribution in [-0.4, -0.2) is 56.6 Å². The van der Waals surface area contributed by atoms with Crippen LogP contribution < -0.4 is 0 Å². The van der Waals surface area contributed by atoms with Crippen molar-refractivity contribution in [1.82, 2.24) is 0 Å². The van der Waals surface area contributed by atoms with E-state index in [9.17, 15) is 4.79 Å². The molecule has 0 heterocycles. The molecule has 0 unspecified atom stereocenters. The van der Waals surface area contributed by atoms with E-state index in [-0.39, 0.29) is 45.5 Å². The molecule has 13 heavy (non-hydrogen) atoms. The molecule has 0 radical (unpaired) electrons. The predicted molar refractivity (Wildman–Crippen MR) is 58.8 cm³/mol. The molecular weight excluding hydrogens is 240 g/mol. The van der Waals surface area contributed by atoms with Crippen LogP contribution in [0.1, 0.15) is 58.3 Å². The van der Waals surface area contributed by atoms with E-state index in [1.54, 1.807) is 0 Å². The Labute approximate surface area is 118 Å². The molecular formula is C10H22O2Sr. The number of carboxylic acids is 1. The summed E-state index contributed by atoms with van der Waals surface area (Å²) in [4.78, 5) is 10.1. The maximum absolute atomic E-state index is 10.1. The Morgan fingerprint density at radius 3 is 1.92 bits per heavy atom. The third-order valence-corrected chi connectivity index (χ3v) is 1.99. The molecule has 0 spiro atoms. The molecule has 76 valence electrons. The molecule has 0 rings (SSSR count). The van der Waals surface area contributed by atoms with E-state index in [2.05, 4.69) is 6.92 Å². The third kappa shape index (κ3) is 15.7. The van der Waals surface area contributed by atoms with E-state index >= 15 is 0 Å². The van der Waals surface area contributed by atoms with Crippen LogP contribution in [-0.2, 0) is 4.79 Å². The monoisotopic (exact) mass is 262 g/mol. The summed E-state index contributed by atoms with van der Waals surface area (Å²) < 4.78 is 0. The fraction of sp³-hybridized carbons (Fsp3) is 0.900. The number of carbonyl (C=O) groups is 1. The van der Waals surface area contributed by atoms with E-state index < -0.39 is 5.97 Å².